The third-order valence-electron chi connectivity index (χ3n) is 6.60. The Kier molecular flexibility index (Phi) is 6.12. The molecule has 1 heterocycles. The second-order valence-electron chi connectivity index (χ2n) is 8.44. The molecular formula is C26H27NO5. The van der Waals surface area contributed by atoms with Crippen LogP contribution in [0, 0.1) is 11.3 Å². The summed E-state index contributed by atoms with van der Waals surface area (Å²) in [4.78, 5) is 39.7. The van der Waals surface area contributed by atoms with Gasteiger partial charge in [-0.15, -0.1) is 0 Å². The number of esters is 1. The van der Waals surface area contributed by atoms with Crippen molar-refractivity contribution >= 4 is 17.8 Å². The first-order valence-corrected chi connectivity index (χ1v) is 10.9. The van der Waals surface area contributed by atoms with Gasteiger partial charge in [-0.3, -0.25) is 14.4 Å². The number of ether oxygens (including phenoxy) is 1. The zero-order valence-corrected chi connectivity index (χ0v) is 18.1. The Hall–Kier alpha value is -3.41. The Labute approximate surface area is 187 Å². The van der Waals surface area contributed by atoms with E-state index in [1.165, 1.54) is 7.11 Å². The molecule has 4 rings (SSSR count). The van der Waals surface area contributed by atoms with Gasteiger partial charge in [0, 0.05) is 5.70 Å². The molecule has 166 valence electrons. The van der Waals surface area contributed by atoms with Gasteiger partial charge in [0.2, 0.25) is 5.91 Å². The minimum atomic E-state index is -1.23. The Balaban J connectivity index is 1.69. The molecule has 1 fully saturated rings. The summed E-state index contributed by atoms with van der Waals surface area (Å²) in [5.74, 6) is -2.89. The molecule has 6 heteroatoms. The number of carboxylic acid groups (broad SMARTS) is 1. The van der Waals surface area contributed by atoms with Crippen LogP contribution in [0.2, 0.25) is 0 Å². The summed E-state index contributed by atoms with van der Waals surface area (Å²) in [7, 11) is 1.30. The molecule has 0 saturated carbocycles. The summed E-state index contributed by atoms with van der Waals surface area (Å²) in [5.41, 5.74) is 2.46. The molecule has 1 aliphatic heterocycles. The van der Waals surface area contributed by atoms with Gasteiger partial charge < -0.3 is 14.7 Å². The third-order valence-corrected chi connectivity index (χ3v) is 6.60. The summed E-state index contributed by atoms with van der Waals surface area (Å²) in [6, 6.07) is 18.0. The lowest BCUT2D eigenvalue weighted by Gasteiger charge is -2.31. The van der Waals surface area contributed by atoms with Crippen LogP contribution >= 0.6 is 0 Å². The molecule has 0 radical (unpaired) electrons. The van der Waals surface area contributed by atoms with Crippen molar-refractivity contribution in [2.75, 3.05) is 7.11 Å². The molecule has 0 unspecified atom stereocenters. The maximum absolute atomic E-state index is 13.5. The summed E-state index contributed by atoms with van der Waals surface area (Å²) >= 11 is 0. The molecule has 2 aromatic carbocycles. The zero-order valence-electron chi connectivity index (χ0n) is 18.1. The smallest absolute Gasteiger partial charge is 0.318 e. The maximum Gasteiger partial charge on any atom is 0.318 e. The zero-order chi connectivity index (χ0) is 22.7. The predicted molar refractivity (Wildman–Crippen MR) is 119 cm³/mol. The van der Waals surface area contributed by atoms with Gasteiger partial charge in [0.25, 0.3) is 0 Å². The number of rotatable bonds is 6. The van der Waals surface area contributed by atoms with E-state index in [1.54, 1.807) is 4.90 Å². The van der Waals surface area contributed by atoms with Crippen LogP contribution in [0.1, 0.15) is 37.7 Å². The number of amides is 1. The van der Waals surface area contributed by atoms with Crippen molar-refractivity contribution in [3.05, 3.63) is 71.9 Å². The molecule has 1 saturated heterocycles. The quantitative estimate of drug-likeness (QED) is 0.683. The van der Waals surface area contributed by atoms with E-state index in [-0.39, 0.29) is 12.5 Å². The Bertz CT molecular complexity index is 1040. The highest BCUT2D eigenvalue weighted by Crippen LogP contribution is 2.53. The van der Waals surface area contributed by atoms with Gasteiger partial charge in [0.1, 0.15) is 5.41 Å². The second kappa shape index (κ2) is 8.99. The highest BCUT2D eigenvalue weighted by Gasteiger charge is 2.61. The molecule has 1 N–H and O–H groups in total. The van der Waals surface area contributed by atoms with Gasteiger partial charge in [-0.05, 0) is 36.0 Å². The van der Waals surface area contributed by atoms with Crippen LogP contribution in [0.4, 0.5) is 0 Å². The second-order valence-corrected chi connectivity index (χ2v) is 8.44. The number of allylic oxidation sites excluding steroid dienone is 1. The van der Waals surface area contributed by atoms with Crippen molar-refractivity contribution in [1.82, 2.24) is 4.90 Å². The molecule has 32 heavy (non-hydrogen) atoms. The van der Waals surface area contributed by atoms with Crippen molar-refractivity contribution < 1.29 is 24.2 Å². The fraction of sp³-hybridized carbons (Fsp3) is 0.346. The normalized spacial score (nSPS) is 22.7. The SMILES string of the molecule is COC(=O)[C@@]12CCCCC=C1N(Cc1ccc(-c3ccccc3)cc1)C(=O)[C@H]2CC(=O)O. The van der Waals surface area contributed by atoms with Gasteiger partial charge in [-0.25, -0.2) is 0 Å². The molecule has 0 bridgehead atoms. The number of carbonyl (C=O) groups is 3. The first kappa shape index (κ1) is 21.8. The van der Waals surface area contributed by atoms with E-state index in [9.17, 15) is 19.5 Å². The third kappa shape index (κ3) is 3.81. The lowest BCUT2D eigenvalue weighted by atomic mass is 9.71. The van der Waals surface area contributed by atoms with Crippen molar-refractivity contribution in [2.45, 2.75) is 38.6 Å². The van der Waals surface area contributed by atoms with Crippen molar-refractivity contribution in [3.63, 3.8) is 0 Å². The van der Waals surface area contributed by atoms with Gasteiger partial charge in [-0.1, -0.05) is 67.1 Å². The van der Waals surface area contributed by atoms with Crippen molar-refractivity contribution in [2.24, 2.45) is 11.3 Å². The minimum Gasteiger partial charge on any atom is -0.481 e. The number of benzene rings is 2. The topological polar surface area (TPSA) is 83.9 Å². The lowest BCUT2D eigenvalue weighted by Crippen LogP contribution is -2.40. The van der Waals surface area contributed by atoms with Gasteiger partial charge in [-0.2, -0.15) is 0 Å². The lowest BCUT2D eigenvalue weighted by molar-refractivity contribution is -0.156. The average molecular weight is 434 g/mol. The molecule has 2 aromatic rings. The monoisotopic (exact) mass is 433 g/mol. The molecule has 6 nitrogen and oxygen atoms in total. The molecule has 0 aromatic heterocycles. The first-order chi connectivity index (χ1) is 15.5. The van der Waals surface area contributed by atoms with Crippen LogP contribution in [0.25, 0.3) is 11.1 Å². The number of aliphatic carboxylic acids is 1. The maximum atomic E-state index is 13.5. The van der Waals surface area contributed by atoms with Crippen LogP contribution in [-0.2, 0) is 25.7 Å². The fourth-order valence-corrected chi connectivity index (χ4v) is 5.06. The highest BCUT2D eigenvalue weighted by atomic mass is 16.5. The standard InChI is InChI=1S/C26H27NO5/c1-32-25(31)26-15-7-3-6-10-22(26)27(24(30)21(26)16-23(28)29)17-18-11-13-20(14-12-18)19-8-4-2-5-9-19/h2,4-5,8-14,21H,3,6-7,15-17H2,1H3,(H,28,29)/t21-,26-/m1/s1. The van der Waals surface area contributed by atoms with E-state index in [0.29, 0.717) is 12.1 Å². The Morgan fingerprint density at radius 2 is 1.75 bits per heavy atom. The number of carbonyl (C=O) groups excluding carboxylic acids is 2. The van der Waals surface area contributed by atoms with E-state index in [4.69, 9.17) is 4.74 Å². The fourth-order valence-electron chi connectivity index (χ4n) is 5.06. The van der Waals surface area contributed by atoms with Gasteiger partial charge >= 0.3 is 11.9 Å². The summed E-state index contributed by atoms with van der Waals surface area (Å²) in [6.45, 7) is 0.286. The average Bonchev–Trinajstić information content (AvgIpc) is 2.95. The van der Waals surface area contributed by atoms with Crippen molar-refractivity contribution in [1.29, 1.82) is 0 Å². The molecular weight excluding hydrogens is 406 g/mol. The summed E-state index contributed by atoms with van der Waals surface area (Å²) in [6.07, 6.45) is 4.31. The molecule has 1 aliphatic carbocycles. The van der Waals surface area contributed by atoms with Crippen LogP contribution in [0.3, 0.4) is 0 Å². The van der Waals surface area contributed by atoms with E-state index in [0.717, 1.165) is 36.0 Å². The molecule has 2 atom stereocenters. The van der Waals surface area contributed by atoms with E-state index >= 15 is 0 Å². The summed E-state index contributed by atoms with van der Waals surface area (Å²) < 4.78 is 5.12. The molecule has 0 spiro atoms. The number of methoxy groups -OCH3 is 1. The number of fused-ring (bicyclic) bond motifs is 1. The van der Waals surface area contributed by atoms with Gasteiger partial charge in [0.05, 0.1) is 26.0 Å². The van der Waals surface area contributed by atoms with Gasteiger partial charge in [0.15, 0.2) is 0 Å². The number of likely N-dealkylation sites (tertiary alicyclic amines) is 1. The Morgan fingerprint density at radius 1 is 1.06 bits per heavy atom. The minimum absolute atomic E-state index is 0.286. The Morgan fingerprint density at radius 3 is 2.41 bits per heavy atom. The number of hydrogen-bond donors (Lipinski definition) is 1. The van der Waals surface area contributed by atoms with E-state index < -0.39 is 29.7 Å². The van der Waals surface area contributed by atoms with E-state index in [1.807, 2.05) is 60.7 Å². The largest absolute Gasteiger partial charge is 0.481 e. The number of nitrogens with zero attached hydrogens (tertiary/aromatic N) is 1. The van der Waals surface area contributed by atoms with Crippen LogP contribution in [0.15, 0.2) is 66.4 Å². The molecule has 2 aliphatic rings. The molecule has 1 amide bonds. The summed E-state index contributed by atoms with van der Waals surface area (Å²) in [5, 5.41) is 9.49. The van der Waals surface area contributed by atoms with Crippen LogP contribution in [0.5, 0.6) is 0 Å². The van der Waals surface area contributed by atoms with Crippen molar-refractivity contribution in [3.8, 4) is 11.1 Å². The van der Waals surface area contributed by atoms with Crippen LogP contribution < -0.4 is 0 Å². The van der Waals surface area contributed by atoms with E-state index in [2.05, 4.69) is 0 Å². The van der Waals surface area contributed by atoms with Crippen LogP contribution in [-0.4, -0.2) is 35.0 Å². The first-order valence-electron chi connectivity index (χ1n) is 10.9. The number of hydrogen-bond acceptors (Lipinski definition) is 4. The predicted octanol–water partition coefficient (Wildman–Crippen LogP) is 4.40. The highest BCUT2D eigenvalue weighted by molar-refractivity contribution is 5.98. The number of carboxylic acids is 1.